The van der Waals surface area contributed by atoms with Gasteiger partial charge in [-0.25, -0.2) is 4.98 Å². The summed E-state index contributed by atoms with van der Waals surface area (Å²) in [5.74, 6) is 0.885. The summed E-state index contributed by atoms with van der Waals surface area (Å²) in [5, 5.41) is 0. The fraction of sp³-hybridized carbons (Fsp3) is 0.182. The van der Waals surface area contributed by atoms with Crippen LogP contribution in [0.4, 0.5) is 0 Å². The van der Waals surface area contributed by atoms with Crippen LogP contribution in [-0.4, -0.2) is 16.6 Å². The maximum absolute atomic E-state index is 5.34. The molecule has 0 saturated heterocycles. The van der Waals surface area contributed by atoms with Gasteiger partial charge in [0.2, 0.25) is 0 Å². The van der Waals surface area contributed by atoms with Crippen LogP contribution in [0.1, 0.15) is 6.92 Å². The number of nitrogens with one attached hydrogen (secondary N) is 1. The highest BCUT2D eigenvalue weighted by Gasteiger charge is 1.99. The van der Waals surface area contributed by atoms with Gasteiger partial charge in [-0.15, -0.1) is 0 Å². The van der Waals surface area contributed by atoms with E-state index in [9.17, 15) is 0 Å². The number of ether oxygens (including phenoxy) is 1. The first-order valence-corrected chi connectivity index (χ1v) is 4.55. The maximum atomic E-state index is 5.34. The van der Waals surface area contributed by atoms with Gasteiger partial charge in [0.05, 0.1) is 12.3 Å². The van der Waals surface area contributed by atoms with E-state index in [-0.39, 0.29) is 0 Å². The monoisotopic (exact) mass is 187 g/mol. The Kier molecular flexibility index (Phi) is 2.49. The van der Waals surface area contributed by atoms with E-state index < -0.39 is 0 Å². The molecule has 0 aliphatic heterocycles. The number of H-pyrrole nitrogens is 1. The van der Waals surface area contributed by atoms with Crippen molar-refractivity contribution in [2.24, 2.45) is 0 Å². The van der Waals surface area contributed by atoms with E-state index >= 15 is 0 Å². The molecule has 2 aromatic rings. The van der Waals surface area contributed by atoms with Gasteiger partial charge in [0, 0.05) is 11.8 Å². The number of imidazole rings is 1. The van der Waals surface area contributed by atoms with Crippen LogP contribution in [0.3, 0.4) is 0 Å². The van der Waals surface area contributed by atoms with Gasteiger partial charge in [0.25, 0.3) is 0 Å². The number of aromatic amines is 1. The number of hydrogen-bond donors (Lipinski definition) is 1. The van der Waals surface area contributed by atoms with Gasteiger partial charge >= 0.3 is 0 Å². The van der Waals surface area contributed by atoms with Gasteiger partial charge in [-0.05, 0) is 31.2 Å². The predicted molar refractivity (Wildman–Crippen MR) is 54.0 cm³/mol. The molecule has 0 aliphatic rings. The number of hydrogen-bond acceptors (Lipinski definition) is 2. The Morgan fingerprint density at radius 3 is 2.71 bits per heavy atom. The lowest BCUT2D eigenvalue weighted by molar-refractivity contribution is 0.340. The minimum atomic E-state index is 0.690. The molecule has 1 aromatic carbocycles. The van der Waals surface area contributed by atoms with Crippen LogP contribution in [0, 0.1) is 6.33 Å². The molecule has 71 valence electrons. The van der Waals surface area contributed by atoms with E-state index in [4.69, 9.17) is 4.74 Å². The summed E-state index contributed by atoms with van der Waals surface area (Å²) in [6, 6.07) is 7.84. The topological polar surface area (TPSA) is 37.9 Å². The second-order valence-corrected chi connectivity index (χ2v) is 2.85. The van der Waals surface area contributed by atoms with Gasteiger partial charge < -0.3 is 9.72 Å². The summed E-state index contributed by atoms with van der Waals surface area (Å²) in [4.78, 5) is 6.84. The van der Waals surface area contributed by atoms with Crippen LogP contribution in [0.25, 0.3) is 11.3 Å². The standard InChI is InChI=1S/C11H11N2O/c1-2-14-10-5-3-9(4-6-10)11-7-12-8-13-11/h3-7H,2H2,1H3,(H,12,13). The average Bonchev–Trinajstić information content (AvgIpc) is 2.72. The molecule has 3 nitrogen and oxygen atoms in total. The Balaban J connectivity index is 2.22. The highest BCUT2D eigenvalue weighted by Crippen LogP contribution is 2.19. The third-order valence-electron chi connectivity index (χ3n) is 1.91. The Bertz CT molecular complexity index is 378. The van der Waals surface area contributed by atoms with Crippen LogP contribution in [0.5, 0.6) is 5.75 Å². The zero-order chi connectivity index (χ0) is 9.80. The predicted octanol–water partition coefficient (Wildman–Crippen LogP) is 2.28. The molecule has 1 N–H and O–H groups in total. The van der Waals surface area contributed by atoms with E-state index in [2.05, 4.69) is 16.3 Å². The highest BCUT2D eigenvalue weighted by molar-refractivity contribution is 5.58. The SMILES string of the molecule is CCOc1ccc(-c2c[nH][c]n2)cc1. The van der Waals surface area contributed by atoms with Crippen molar-refractivity contribution in [3.63, 3.8) is 0 Å². The highest BCUT2D eigenvalue weighted by atomic mass is 16.5. The van der Waals surface area contributed by atoms with Gasteiger partial charge in [-0.2, -0.15) is 0 Å². The lowest BCUT2D eigenvalue weighted by Gasteiger charge is -2.02. The molecule has 1 radical (unpaired) electrons. The number of aromatic nitrogens is 2. The van der Waals surface area contributed by atoms with Gasteiger partial charge in [-0.3, -0.25) is 0 Å². The van der Waals surface area contributed by atoms with E-state index in [1.165, 1.54) is 0 Å². The van der Waals surface area contributed by atoms with Gasteiger partial charge in [0.15, 0.2) is 6.33 Å². The summed E-state index contributed by atoms with van der Waals surface area (Å²) >= 11 is 0. The third-order valence-corrected chi connectivity index (χ3v) is 1.91. The third kappa shape index (κ3) is 1.76. The summed E-state index contributed by atoms with van der Waals surface area (Å²) in [7, 11) is 0. The van der Waals surface area contributed by atoms with Crippen molar-refractivity contribution in [3.8, 4) is 17.0 Å². The largest absolute Gasteiger partial charge is 0.494 e. The van der Waals surface area contributed by atoms with Crippen molar-refractivity contribution < 1.29 is 4.74 Å². The maximum Gasteiger partial charge on any atom is 0.174 e. The van der Waals surface area contributed by atoms with Crippen LogP contribution < -0.4 is 4.74 Å². The summed E-state index contributed by atoms with van der Waals surface area (Å²) in [5.41, 5.74) is 1.96. The summed E-state index contributed by atoms with van der Waals surface area (Å²) < 4.78 is 5.34. The van der Waals surface area contributed by atoms with Crippen LogP contribution in [0.15, 0.2) is 30.5 Å². The molecule has 0 atom stereocenters. The van der Waals surface area contributed by atoms with E-state index in [1.54, 1.807) is 0 Å². The normalized spacial score (nSPS) is 10.1. The zero-order valence-corrected chi connectivity index (χ0v) is 7.95. The summed E-state index contributed by atoms with van der Waals surface area (Å²) in [6.45, 7) is 2.66. The molecule has 0 fully saturated rings. The van der Waals surface area contributed by atoms with Crippen molar-refractivity contribution in [3.05, 3.63) is 36.8 Å². The average molecular weight is 187 g/mol. The van der Waals surface area contributed by atoms with Crippen molar-refractivity contribution in [1.82, 2.24) is 9.97 Å². The first-order valence-electron chi connectivity index (χ1n) is 4.55. The Morgan fingerprint density at radius 1 is 1.36 bits per heavy atom. The van der Waals surface area contributed by atoms with Crippen molar-refractivity contribution >= 4 is 0 Å². The lowest BCUT2D eigenvalue weighted by Crippen LogP contribution is -1.90. The molecule has 14 heavy (non-hydrogen) atoms. The molecule has 1 aromatic heterocycles. The second kappa shape index (κ2) is 3.96. The fourth-order valence-electron chi connectivity index (χ4n) is 1.26. The first-order chi connectivity index (χ1) is 6.90. The number of benzene rings is 1. The molecule has 0 spiro atoms. The fourth-order valence-corrected chi connectivity index (χ4v) is 1.26. The minimum Gasteiger partial charge on any atom is -0.494 e. The smallest absolute Gasteiger partial charge is 0.174 e. The Morgan fingerprint density at radius 2 is 2.14 bits per heavy atom. The van der Waals surface area contributed by atoms with Gasteiger partial charge in [0.1, 0.15) is 5.75 Å². The quantitative estimate of drug-likeness (QED) is 0.800. The van der Waals surface area contributed by atoms with E-state index in [0.29, 0.717) is 6.61 Å². The molecule has 0 bridgehead atoms. The lowest BCUT2D eigenvalue weighted by atomic mass is 10.2. The van der Waals surface area contributed by atoms with Crippen LogP contribution in [0.2, 0.25) is 0 Å². The molecule has 0 unspecified atom stereocenters. The minimum absolute atomic E-state index is 0.690. The first kappa shape index (κ1) is 8.81. The van der Waals surface area contributed by atoms with E-state index in [0.717, 1.165) is 17.0 Å². The zero-order valence-electron chi connectivity index (χ0n) is 7.95. The van der Waals surface area contributed by atoms with Crippen molar-refractivity contribution in [2.75, 3.05) is 6.61 Å². The number of rotatable bonds is 3. The molecular formula is C11H11N2O. The van der Waals surface area contributed by atoms with Crippen molar-refractivity contribution in [2.45, 2.75) is 6.92 Å². The molecule has 3 heteroatoms. The Labute approximate surface area is 82.8 Å². The molecule has 0 amide bonds. The number of nitrogens with zero attached hydrogens (tertiary/aromatic N) is 1. The van der Waals surface area contributed by atoms with E-state index in [1.807, 2.05) is 37.4 Å². The summed E-state index contributed by atoms with van der Waals surface area (Å²) in [6.07, 6.45) is 4.48. The molecule has 1 heterocycles. The van der Waals surface area contributed by atoms with Crippen molar-refractivity contribution in [1.29, 1.82) is 0 Å². The second-order valence-electron chi connectivity index (χ2n) is 2.85. The Hall–Kier alpha value is -1.77. The molecule has 0 aliphatic carbocycles. The molecular weight excluding hydrogens is 176 g/mol. The van der Waals surface area contributed by atoms with Gasteiger partial charge in [-0.1, -0.05) is 0 Å². The molecule has 2 rings (SSSR count). The molecule has 0 saturated carbocycles. The van der Waals surface area contributed by atoms with Crippen LogP contribution in [-0.2, 0) is 0 Å². The van der Waals surface area contributed by atoms with Crippen LogP contribution >= 0.6 is 0 Å².